The Kier molecular flexibility index (Phi) is 9.49. The van der Waals surface area contributed by atoms with E-state index in [9.17, 15) is 24.9 Å². The maximum Gasteiger partial charge on any atom is 0.234 e. The van der Waals surface area contributed by atoms with Gasteiger partial charge in [-0.3, -0.25) is 14.5 Å². The first kappa shape index (κ1) is 30.7. The van der Waals surface area contributed by atoms with Crippen LogP contribution in [0.1, 0.15) is 47.8 Å². The number of rotatable bonds is 11. The number of likely N-dealkylation sites (tertiary alicyclic amines) is 1. The average Bonchev–Trinajstić information content (AvgIpc) is 3.60. The minimum Gasteiger partial charge on any atom is -0.507 e. The molecule has 1 aliphatic heterocycles. The highest BCUT2D eigenvalue weighted by Crippen LogP contribution is 2.47. The number of fused-ring (bicyclic) bond motifs is 1. The standard InChI is InChI=1S/C35H39NO6S/c1-21(14-24-15-22(2)33(39)23(3)16-24)11-12-30(38)31-25(20-42-26-8-5-4-6-9-26)17-28-32(29(31)19-37)35(41)36(34(28)40)18-27-10-7-13-43-27/h4-10,13-16,28-30,32,37-39H,11-12,17-20H2,1-3H3/b21-14+/t28-,29+,30-,32-/m1/s1. The van der Waals surface area contributed by atoms with Gasteiger partial charge in [0, 0.05) is 10.8 Å². The number of aryl methyl sites for hydroxylation is 2. The van der Waals surface area contributed by atoms with Crippen molar-refractivity contribution in [2.45, 2.75) is 52.7 Å². The van der Waals surface area contributed by atoms with Crippen LogP contribution in [0.3, 0.4) is 0 Å². The number of imide groups is 1. The Morgan fingerprint density at radius 2 is 1.81 bits per heavy atom. The third kappa shape index (κ3) is 6.61. The van der Waals surface area contributed by atoms with Crippen LogP contribution in [-0.4, -0.2) is 51.4 Å². The van der Waals surface area contributed by atoms with Gasteiger partial charge in [0.1, 0.15) is 18.1 Å². The van der Waals surface area contributed by atoms with Gasteiger partial charge in [-0.05, 0) is 104 Å². The quantitative estimate of drug-likeness (QED) is 0.189. The number of aliphatic hydroxyl groups is 2. The molecule has 43 heavy (non-hydrogen) atoms. The molecule has 226 valence electrons. The number of hydrogen-bond donors (Lipinski definition) is 3. The van der Waals surface area contributed by atoms with Crippen LogP contribution in [0, 0.1) is 31.6 Å². The number of allylic oxidation sites excluding steroid dienone is 1. The third-order valence-electron chi connectivity index (χ3n) is 8.62. The molecule has 2 amide bonds. The fourth-order valence-electron chi connectivity index (χ4n) is 6.51. The molecule has 7 nitrogen and oxygen atoms in total. The van der Waals surface area contributed by atoms with Gasteiger partial charge in [-0.15, -0.1) is 11.3 Å². The molecule has 1 aliphatic carbocycles. The summed E-state index contributed by atoms with van der Waals surface area (Å²) in [6.45, 7) is 5.76. The summed E-state index contributed by atoms with van der Waals surface area (Å²) < 4.78 is 6.09. The molecule has 0 bridgehead atoms. The number of para-hydroxylation sites is 1. The van der Waals surface area contributed by atoms with Gasteiger partial charge in [0.05, 0.1) is 31.1 Å². The monoisotopic (exact) mass is 601 g/mol. The molecular weight excluding hydrogens is 562 g/mol. The second-order valence-electron chi connectivity index (χ2n) is 11.7. The van der Waals surface area contributed by atoms with Gasteiger partial charge in [0.15, 0.2) is 0 Å². The Bertz CT molecular complexity index is 1500. The van der Waals surface area contributed by atoms with Crippen molar-refractivity contribution in [2.75, 3.05) is 13.2 Å². The van der Waals surface area contributed by atoms with Gasteiger partial charge in [-0.2, -0.15) is 0 Å². The Labute approximate surface area is 256 Å². The van der Waals surface area contributed by atoms with Gasteiger partial charge in [-0.25, -0.2) is 0 Å². The maximum absolute atomic E-state index is 13.7. The summed E-state index contributed by atoms with van der Waals surface area (Å²) in [7, 11) is 0. The maximum atomic E-state index is 13.7. The summed E-state index contributed by atoms with van der Waals surface area (Å²) in [4.78, 5) is 29.5. The number of benzene rings is 2. The minimum absolute atomic E-state index is 0.156. The summed E-state index contributed by atoms with van der Waals surface area (Å²) in [6, 6.07) is 17.0. The predicted molar refractivity (Wildman–Crippen MR) is 167 cm³/mol. The zero-order valence-electron chi connectivity index (χ0n) is 24.8. The Balaban J connectivity index is 1.41. The predicted octanol–water partition coefficient (Wildman–Crippen LogP) is 5.80. The normalized spacial score (nSPS) is 21.4. The molecule has 3 aromatic rings. The van der Waals surface area contributed by atoms with Crippen molar-refractivity contribution in [1.29, 1.82) is 0 Å². The number of phenolic OH excluding ortho intramolecular Hbond substituents is 1. The van der Waals surface area contributed by atoms with E-state index in [1.165, 1.54) is 16.2 Å². The number of thiophene rings is 1. The van der Waals surface area contributed by atoms with Crippen molar-refractivity contribution >= 4 is 29.2 Å². The lowest BCUT2D eigenvalue weighted by Crippen LogP contribution is -2.40. The molecule has 0 radical (unpaired) electrons. The van der Waals surface area contributed by atoms with E-state index in [1.807, 2.05) is 86.8 Å². The fourth-order valence-corrected chi connectivity index (χ4v) is 7.20. The van der Waals surface area contributed by atoms with E-state index < -0.39 is 23.9 Å². The van der Waals surface area contributed by atoms with Gasteiger partial charge in [-0.1, -0.05) is 35.9 Å². The summed E-state index contributed by atoms with van der Waals surface area (Å²) in [5.41, 5.74) is 5.02. The molecule has 1 aromatic heterocycles. The first-order valence-corrected chi connectivity index (χ1v) is 15.6. The number of aromatic hydroxyl groups is 1. The summed E-state index contributed by atoms with van der Waals surface area (Å²) >= 11 is 1.49. The van der Waals surface area contributed by atoms with Crippen LogP contribution >= 0.6 is 11.3 Å². The van der Waals surface area contributed by atoms with Crippen molar-refractivity contribution in [3.05, 3.63) is 98.3 Å². The number of carbonyl (C=O) groups is 2. The molecule has 1 fully saturated rings. The van der Waals surface area contributed by atoms with Gasteiger partial charge < -0.3 is 20.1 Å². The fraction of sp³-hybridized carbons (Fsp3) is 0.371. The molecule has 5 rings (SSSR count). The summed E-state index contributed by atoms with van der Waals surface area (Å²) in [5, 5.41) is 34.3. The Morgan fingerprint density at radius 1 is 1.09 bits per heavy atom. The summed E-state index contributed by atoms with van der Waals surface area (Å²) in [6.07, 6.45) is 2.39. The van der Waals surface area contributed by atoms with Crippen molar-refractivity contribution in [1.82, 2.24) is 4.90 Å². The highest BCUT2D eigenvalue weighted by atomic mass is 32.1. The zero-order chi connectivity index (χ0) is 30.7. The van der Waals surface area contributed by atoms with E-state index in [2.05, 4.69) is 0 Å². The highest BCUT2D eigenvalue weighted by Gasteiger charge is 2.54. The third-order valence-corrected chi connectivity index (χ3v) is 9.48. The van der Waals surface area contributed by atoms with Crippen molar-refractivity contribution in [2.24, 2.45) is 17.8 Å². The van der Waals surface area contributed by atoms with Crippen LogP contribution in [0.2, 0.25) is 0 Å². The lowest BCUT2D eigenvalue weighted by Gasteiger charge is -2.36. The molecule has 0 saturated carbocycles. The summed E-state index contributed by atoms with van der Waals surface area (Å²) in [5.74, 6) is -1.56. The highest BCUT2D eigenvalue weighted by molar-refractivity contribution is 7.09. The number of aliphatic hydroxyl groups excluding tert-OH is 2. The number of carbonyl (C=O) groups excluding carboxylic acids is 2. The number of amides is 2. The molecule has 8 heteroatoms. The Hall–Kier alpha value is -3.72. The van der Waals surface area contributed by atoms with Crippen LogP contribution in [0.5, 0.6) is 11.5 Å². The van der Waals surface area contributed by atoms with Crippen LogP contribution in [-0.2, 0) is 16.1 Å². The van der Waals surface area contributed by atoms with E-state index in [1.54, 1.807) is 0 Å². The number of phenols is 1. The lowest BCUT2D eigenvalue weighted by atomic mass is 9.68. The molecule has 0 spiro atoms. The lowest BCUT2D eigenvalue weighted by molar-refractivity contribution is -0.140. The number of hydrogen-bond acceptors (Lipinski definition) is 7. The topological polar surface area (TPSA) is 107 Å². The SMILES string of the molecule is C/C(=C\c1cc(C)c(O)c(C)c1)CC[C@@H](O)C1=C(COc2ccccc2)C[C@H]2C(=O)N(Cc3cccs3)C(=O)[C@H]2[C@H]1CO. The molecule has 0 unspecified atom stereocenters. The smallest absolute Gasteiger partial charge is 0.234 e. The molecule has 2 aromatic carbocycles. The molecular formula is C35H39NO6S. The van der Waals surface area contributed by atoms with Crippen molar-refractivity contribution in [3.8, 4) is 11.5 Å². The van der Waals surface area contributed by atoms with Crippen LogP contribution in [0.25, 0.3) is 6.08 Å². The first-order valence-electron chi connectivity index (χ1n) is 14.7. The van der Waals surface area contributed by atoms with E-state index in [-0.39, 0.29) is 31.6 Å². The molecule has 4 atom stereocenters. The number of nitrogens with zero attached hydrogens (tertiary/aromatic N) is 1. The zero-order valence-corrected chi connectivity index (χ0v) is 25.6. The van der Waals surface area contributed by atoms with Crippen molar-refractivity contribution < 1.29 is 29.6 Å². The van der Waals surface area contributed by atoms with Gasteiger partial charge in [0.2, 0.25) is 11.8 Å². The van der Waals surface area contributed by atoms with Crippen molar-refractivity contribution in [3.63, 3.8) is 0 Å². The van der Waals surface area contributed by atoms with Gasteiger partial charge >= 0.3 is 0 Å². The Morgan fingerprint density at radius 3 is 2.47 bits per heavy atom. The van der Waals surface area contributed by atoms with Gasteiger partial charge in [0.25, 0.3) is 0 Å². The number of ether oxygens (including phenoxy) is 1. The largest absolute Gasteiger partial charge is 0.507 e. The minimum atomic E-state index is -0.923. The van der Waals surface area contributed by atoms with Crippen LogP contribution in [0.4, 0.5) is 0 Å². The van der Waals surface area contributed by atoms with E-state index in [4.69, 9.17) is 4.74 Å². The second-order valence-corrected chi connectivity index (χ2v) is 12.7. The van der Waals surface area contributed by atoms with E-state index >= 15 is 0 Å². The van der Waals surface area contributed by atoms with Crippen LogP contribution < -0.4 is 4.74 Å². The van der Waals surface area contributed by atoms with Crippen LogP contribution in [0.15, 0.2) is 76.7 Å². The average molecular weight is 602 g/mol. The molecule has 1 saturated heterocycles. The van der Waals surface area contributed by atoms with E-state index in [0.29, 0.717) is 36.3 Å². The first-order chi connectivity index (χ1) is 20.7. The molecule has 2 heterocycles. The van der Waals surface area contributed by atoms with E-state index in [0.717, 1.165) is 32.7 Å². The second kappa shape index (κ2) is 13.3. The molecule has 2 aliphatic rings. The molecule has 3 N–H and O–H groups in total.